The number of carbonyl (C=O) groups excluding carboxylic acids is 1. The summed E-state index contributed by atoms with van der Waals surface area (Å²) in [5, 5.41) is 10.5. The van der Waals surface area contributed by atoms with Crippen LogP contribution in [0.3, 0.4) is 0 Å². The van der Waals surface area contributed by atoms with Crippen LogP contribution in [0.5, 0.6) is 0 Å². The molecule has 0 radical (unpaired) electrons. The second-order valence-corrected chi connectivity index (χ2v) is 7.66. The molecule has 0 aliphatic carbocycles. The van der Waals surface area contributed by atoms with Gasteiger partial charge in [0.1, 0.15) is 6.54 Å². The van der Waals surface area contributed by atoms with Crippen LogP contribution in [0.1, 0.15) is 5.56 Å². The Hall–Kier alpha value is -3.81. The van der Waals surface area contributed by atoms with Crippen molar-refractivity contribution in [3.63, 3.8) is 0 Å². The lowest BCUT2D eigenvalue weighted by atomic mass is 10.2. The summed E-state index contributed by atoms with van der Waals surface area (Å²) in [6, 6.07) is 20.2. The van der Waals surface area contributed by atoms with Crippen molar-refractivity contribution in [2.45, 2.75) is 13.1 Å². The average Bonchev–Trinajstić information content (AvgIpc) is 3.33. The first-order valence-electron chi connectivity index (χ1n) is 10.8. The summed E-state index contributed by atoms with van der Waals surface area (Å²) in [5.74, 6) is 0.789. The van der Waals surface area contributed by atoms with Crippen molar-refractivity contribution in [1.82, 2.24) is 20.0 Å². The summed E-state index contributed by atoms with van der Waals surface area (Å²) in [4.78, 5) is 21.4. The van der Waals surface area contributed by atoms with Gasteiger partial charge in [0.2, 0.25) is 5.91 Å². The number of benzene rings is 2. The molecule has 0 bridgehead atoms. The van der Waals surface area contributed by atoms with Crippen molar-refractivity contribution in [2.75, 3.05) is 43.4 Å². The topological polar surface area (TPSA) is 77.8 Å². The van der Waals surface area contributed by atoms with Crippen molar-refractivity contribution in [3.8, 4) is 0 Å². The molecule has 0 saturated carbocycles. The van der Waals surface area contributed by atoms with Gasteiger partial charge in [-0.3, -0.25) is 14.5 Å². The number of guanidine groups is 1. The fourth-order valence-corrected chi connectivity index (χ4v) is 3.83. The maximum atomic E-state index is 12.2. The summed E-state index contributed by atoms with van der Waals surface area (Å²) in [6.45, 7) is 4.58. The number of hydrogen-bond donors (Lipinski definition) is 2. The predicted octanol–water partition coefficient (Wildman–Crippen LogP) is 2.42. The molecule has 1 amide bonds. The van der Waals surface area contributed by atoms with Gasteiger partial charge in [-0.2, -0.15) is 5.10 Å². The first-order chi connectivity index (χ1) is 15.7. The SMILES string of the molecule is CN=C(NCc1cccc(NC(=O)Cn2cccn2)c1)N1CCN(c2ccccc2)CC1. The molecule has 4 rings (SSSR count). The van der Waals surface area contributed by atoms with Crippen LogP contribution in [0.25, 0.3) is 0 Å². The minimum absolute atomic E-state index is 0.106. The Morgan fingerprint density at radius 2 is 1.84 bits per heavy atom. The number of nitrogens with one attached hydrogen (secondary N) is 2. The van der Waals surface area contributed by atoms with Gasteiger partial charge in [0.15, 0.2) is 5.96 Å². The van der Waals surface area contributed by atoms with Gasteiger partial charge in [0, 0.05) is 63.5 Å². The molecule has 0 unspecified atom stereocenters. The molecule has 1 aliphatic rings. The van der Waals surface area contributed by atoms with Crippen molar-refractivity contribution in [2.24, 2.45) is 4.99 Å². The minimum atomic E-state index is -0.106. The molecule has 1 saturated heterocycles. The monoisotopic (exact) mass is 431 g/mol. The van der Waals surface area contributed by atoms with Gasteiger partial charge in [-0.15, -0.1) is 0 Å². The van der Waals surface area contributed by atoms with Crippen LogP contribution in [0.2, 0.25) is 0 Å². The molecule has 3 aromatic rings. The number of piperazine rings is 1. The van der Waals surface area contributed by atoms with Gasteiger partial charge in [-0.1, -0.05) is 30.3 Å². The molecule has 32 heavy (non-hydrogen) atoms. The molecular weight excluding hydrogens is 402 g/mol. The number of nitrogens with zero attached hydrogens (tertiary/aromatic N) is 5. The minimum Gasteiger partial charge on any atom is -0.368 e. The summed E-state index contributed by atoms with van der Waals surface area (Å²) >= 11 is 0. The van der Waals surface area contributed by atoms with Crippen LogP contribution in [-0.4, -0.2) is 59.8 Å². The Labute approximate surface area is 188 Å². The van der Waals surface area contributed by atoms with E-state index in [0.717, 1.165) is 43.4 Å². The van der Waals surface area contributed by atoms with Gasteiger partial charge in [-0.05, 0) is 35.9 Å². The maximum Gasteiger partial charge on any atom is 0.246 e. The molecule has 8 heteroatoms. The van der Waals surface area contributed by atoms with Gasteiger partial charge >= 0.3 is 0 Å². The van der Waals surface area contributed by atoms with Crippen LogP contribution >= 0.6 is 0 Å². The number of hydrogen-bond acceptors (Lipinski definition) is 4. The number of anilines is 2. The van der Waals surface area contributed by atoms with E-state index < -0.39 is 0 Å². The normalized spacial score (nSPS) is 14.3. The highest BCUT2D eigenvalue weighted by atomic mass is 16.2. The molecule has 1 fully saturated rings. The van der Waals surface area contributed by atoms with Crippen molar-refractivity contribution in [1.29, 1.82) is 0 Å². The fourth-order valence-electron chi connectivity index (χ4n) is 3.83. The second kappa shape index (κ2) is 10.5. The molecule has 0 spiro atoms. The molecule has 166 valence electrons. The van der Waals surface area contributed by atoms with E-state index in [2.05, 4.69) is 54.8 Å². The van der Waals surface area contributed by atoms with Crippen molar-refractivity contribution >= 4 is 23.2 Å². The third-order valence-electron chi connectivity index (χ3n) is 5.44. The van der Waals surface area contributed by atoms with E-state index in [4.69, 9.17) is 0 Å². The van der Waals surface area contributed by atoms with Crippen molar-refractivity contribution < 1.29 is 4.79 Å². The van der Waals surface area contributed by atoms with E-state index >= 15 is 0 Å². The summed E-state index contributed by atoms with van der Waals surface area (Å²) in [6.07, 6.45) is 3.43. The largest absolute Gasteiger partial charge is 0.368 e. The van der Waals surface area contributed by atoms with Crippen LogP contribution in [0.4, 0.5) is 11.4 Å². The Morgan fingerprint density at radius 1 is 1.03 bits per heavy atom. The second-order valence-electron chi connectivity index (χ2n) is 7.66. The quantitative estimate of drug-likeness (QED) is 0.463. The van der Waals surface area contributed by atoms with Gasteiger partial charge < -0.3 is 20.4 Å². The molecule has 8 nitrogen and oxygen atoms in total. The maximum absolute atomic E-state index is 12.2. The lowest BCUT2D eigenvalue weighted by molar-refractivity contribution is -0.116. The first-order valence-corrected chi connectivity index (χ1v) is 10.8. The lowest BCUT2D eigenvalue weighted by Crippen LogP contribution is -2.52. The molecule has 2 aromatic carbocycles. The van der Waals surface area contributed by atoms with Crippen LogP contribution in [0, 0.1) is 0 Å². The number of aliphatic imine (C=N–C) groups is 1. The molecule has 2 N–H and O–H groups in total. The number of carbonyl (C=O) groups is 1. The zero-order valence-corrected chi connectivity index (χ0v) is 18.3. The fraction of sp³-hybridized carbons (Fsp3) is 0.292. The van der Waals surface area contributed by atoms with Crippen LogP contribution < -0.4 is 15.5 Å². The highest BCUT2D eigenvalue weighted by Crippen LogP contribution is 2.16. The molecular formula is C24H29N7O. The Kier molecular flexibility index (Phi) is 7.01. The molecule has 1 aromatic heterocycles. The standard InChI is InChI=1S/C24H29N7O/c1-25-24(30-15-13-29(14-16-30)22-9-3-2-4-10-22)26-18-20-7-5-8-21(17-20)28-23(32)19-31-12-6-11-27-31/h2-12,17H,13-16,18-19H2,1H3,(H,25,26)(H,28,32). The van der Waals surface area contributed by atoms with Gasteiger partial charge in [0.25, 0.3) is 0 Å². The Morgan fingerprint density at radius 3 is 2.56 bits per heavy atom. The lowest BCUT2D eigenvalue weighted by Gasteiger charge is -2.37. The molecule has 2 heterocycles. The number of rotatable bonds is 6. The first kappa shape index (κ1) is 21.4. The number of aromatic nitrogens is 2. The highest BCUT2D eigenvalue weighted by molar-refractivity contribution is 5.90. The van der Waals surface area contributed by atoms with Gasteiger partial charge in [0.05, 0.1) is 0 Å². The van der Waals surface area contributed by atoms with E-state index in [1.807, 2.05) is 37.4 Å². The van der Waals surface area contributed by atoms with E-state index in [1.165, 1.54) is 5.69 Å². The average molecular weight is 432 g/mol. The van der Waals surface area contributed by atoms with Crippen LogP contribution in [0.15, 0.2) is 78.0 Å². The van der Waals surface area contributed by atoms with Crippen molar-refractivity contribution in [3.05, 3.63) is 78.6 Å². The zero-order chi connectivity index (χ0) is 22.2. The molecule has 1 aliphatic heterocycles. The van der Waals surface area contributed by atoms with E-state index in [-0.39, 0.29) is 12.5 Å². The zero-order valence-electron chi connectivity index (χ0n) is 18.3. The Balaban J connectivity index is 1.28. The van der Waals surface area contributed by atoms with E-state index in [9.17, 15) is 4.79 Å². The Bertz CT molecular complexity index is 1030. The van der Waals surface area contributed by atoms with E-state index in [1.54, 1.807) is 23.1 Å². The molecule has 0 atom stereocenters. The number of para-hydroxylation sites is 1. The predicted molar refractivity (Wildman–Crippen MR) is 128 cm³/mol. The van der Waals surface area contributed by atoms with Crippen LogP contribution in [-0.2, 0) is 17.9 Å². The summed E-state index contributed by atoms with van der Waals surface area (Å²) in [7, 11) is 1.82. The summed E-state index contributed by atoms with van der Waals surface area (Å²) in [5.41, 5.74) is 3.11. The highest BCUT2D eigenvalue weighted by Gasteiger charge is 2.19. The summed E-state index contributed by atoms with van der Waals surface area (Å²) < 4.78 is 1.60. The smallest absolute Gasteiger partial charge is 0.246 e. The number of amides is 1. The third kappa shape index (κ3) is 5.66. The van der Waals surface area contributed by atoms with E-state index in [0.29, 0.717) is 6.54 Å². The van der Waals surface area contributed by atoms with Gasteiger partial charge in [-0.25, -0.2) is 0 Å². The third-order valence-corrected chi connectivity index (χ3v) is 5.44.